The number of benzene rings is 1. The van der Waals surface area contributed by atoms with Gasteiger partial charge in [0.25, 0.3) is 5.91 Å². The fourth-order valence-corrected chi connectivity index (χ4v) is 4.28. The van der Waals surface area contributed by atoms with Gasteiger partial charge in [-0.1, -0.05) is 22.9 Å². The second kappa shape index (κ2) is 8.39. The molecule has 2 heterocycles. The van der Waals surface area contributed by atoms with Crippen molar-refractivity contribution in [2.45, 2.75) is 38.8 Å². The largest absolute Gasteiger partial charge is 0.346 e. The van der Waals surface area contributed by atoms with E-state index in [4.69, 9.17) is 0 Å². The molecule has 8 heteroatoms. The van der Waals surface area contributed by atoms with Crippen molar-refractivity contribution < 1.29 is 14.4 Å². The van der Waals surface area contributed by atoms with E-state index in [-0.39, 0.29) is 11.9 Å². The Balaban J connectivity index is 1.64. The van der Waals surface area contributed by atoms with Crippen molar-refractivity contribution in [3.05, 3.63) is 28.2 Å². The van der Waals surface area contributed by atoms with Gasteiger partial charge >= 0.3 is 11.8 Å². The molecule has 2 atom stereocenters. The number of hydrogen-bond donors (Lipinski definition) is 2. The maximum absolute atomic E-state index is 12.7. The number of nitrogens with one attached hydrogen (secondary N) is 2. The number of fused-ring (bicyclic) bond motifs is 1. The van der Waals surface area contributed by atoms with Crippen molar-refractivity contribution in [3.8, 4) is 0 Å². The van der Waals surface area contributed by atoms with Gasteiger partial charge in [0.05, 0.1) is 0 Å². The summed E-state index contributed by atoms with van der Waals surface area (Å²) < 4.78 is 0.816. The second-order valence-electron chi connectivity index (χ2n) is 6.83. The number of carbonyl (C=O) groups excluding carboxylic acids is 3. The van der Waals surface area contributed by atoms with Crippen LogP contribution in [0.15, 0.2) is 22.7 Å². The van der Waals surface area contributed by atoms with Crippen molar-refractivity contribution in [3.63, 3.8) is 0 Å². The Kier molecular flexibility index (Phi) is 6.16. The number of likely N-dealkylation sites (tertiary alicyclic amines) is 1. The minimum absolute atomic E-state index is 0.222. The lowest BCUT2D eigenvalue weighted by Gasteiger charge is -2.22. The van der Waals surface area contributed by atoms with Gasteiger partial charge in [0, 0.05) is 34.9 Å². The summed E-state index contributed by atoms with van der Waals surface area (Å²) in [5, 5.41) is 5.31. The van der Waals surface area contributed by atoms with Crippen LogP contribution in [0.3, 0.4) is 0 Å². The smallest absolute Gasteiger partial charge is 0.310 e. The van der Waals surface area contributed by atoms with Crippen molar-refractivity contribution in [1.82, 2.24) is 15.5 Å². The summed E-state index contributed by atoms with van der Waals surface area (Å²) >= 11 is 3.40. The predicted octanol–water partition coefficient (Wildman–Crippen LogP) is 1.57. The number of likely N-dealkylation sites (N-methyl/N-ethyl adjacent to an activating group) is 2. The third-order valence-corrected chi connectivity index (χ3v) is 5.80. The first-order valence-electron chi connectivity index (χ1n) is 9.39. The Morgan fingerprint density at radius 2 is 2.00 bits per heavy atom. The molecule has 1 saturated heterocycles. The number of anilines is 1. The maximum atomic E-state index is 12.7. The first-order valence-corrected chi connectivity index (χ1v) is 10.2. The number of rotatable bonds is 5. The summed E-state index contributed by atoms with van der Waals surface area (Å²) in [4.78, 5) is 41.2. The average Bonchev–Trinajstić information content (AvgIpc) is 3.22. The van der Waals surface area contributed by atoms with Gasteiger partial charge in [0.15, 0.2) is 0 Å². The molecule has 3 amide bonds. The monoisotopic (exact) mass is 436 g/mol. The van der Waals surface area contributed by atoms with E-state index in [9.17, 15) is 14.4 Å². The topological polar surface area (TPSA) is 81.8 Å². The van der Waals surface area contributed by atoms with Gasteiger partial charge in [0.2, 0.25) is 0 Å². The highest BCUT2D eigenvalue weighted by molar-refractivity contribution is 9.10. The van der Waals surface area contributed by atoms with Gasteiger partial charge in [-0.3, -0.25) is 19.3 Å². The molecule has 2 aliphatic rings. The fourth-order valence-electron chi connectivity index (χ4n) is 3.91. The second-order valence-corrected chi connectivity index (χ2v) is 7.74. The summed E-state index contributed by atoms with van der Waals surface area (Å²) in [5.41, 5.74) is 1.46. The molecule has 1 fully saturated rings. The Hall–Kier alpha value is -1.93. The van der Waals surface area contributed by atoms with E-state index >= 15 is 0 Å². The van der Waals surface area contributed by atoms with Crippen molar-refractivity contribution >= 4 is 39.3 Å². The Labute approximate surface area is 167 Å². The first kappa shape index (κ1) is 19.8. The Bertz CT molecular complexity index is 754. The Morgan fingerprint density at radius 1 is 1.22 bits per heavy atom. The van der Waals surface area contributed by atoms with Gasteiger partial charge < -0.3 is 15.5 Å². The molecule has 0 unspecified atom stereocenters. The van der Waals surface area contributed by atoms with E-state index in [0.29, 0.717) is 18.7 Å². The summed E-state index contributed by atoms with van der Waals surface area (Å²) in [6.07, 6.45) is 2.12. The summed E-state index contributed by atoms with van der Waals surface area (Å²) in [7, 11) is 0. The molecule has 146 valence electrons. The SMILES string of the molecule is CCN1C(=O)[C@H](NC(=O)C(=O)NC[C@@H]2CCCN2CC)c2cc(Br)ccc21. The minimum Gasteiger partial charge on any atom is -0.346 e. The van der Waals surface area contributed by atoms with Crippen LogP contribution in [0.5, 0.6) is 0 Å². The number of halogens is 1. The normalized spacial score (nSPS) is 22.0. The number of carbonyl (C=O) groups is 3. The molecule has 0 saturated carbocycles. The number of hydrogen-bond acceptors (Lipinski definition) is 4. The lowest BCUT2D eigenvalue weighted by atomic mass is 10.1. The number of amides is 3. The van der Waals surface area contributed by atoms with E-state index < -0.39 is 17.9 Å². The molecule has 1 aromatic rings. The molecule has 0 aromatic heterocycles. The van der Waals surface area contributed by atoms with Crippen molar-refractivity contribution in [2.75, 3.05) is 31.1 Å². The molecule has 0 spiro atoms. The van der Waals surface area contributed by atoms with E-state index in [1.54, 1.807) is 4.90 Å². The van der Waals surface area contributed by atoms with Crippen LogP contribution in [0.4, 0.5) is 5.69 Å². The Morgan fingerprint density at radius 3 is 2.70 bits per heavy atom. The molecule has 27 heavy (non-hydrogen) atoms. The molecule has 0 aliphatic carbocycles. The third-order valence-electron chi connectivity index (χ3n) is 5.31. The molecule has 0 radical (unpaired) electrons. The molecule has 3 rings (SSSR count). The van der Waals surface area contributed by atoms with E-state index in [1.165, 1.54) is 0 Å². The van der Waals surface area contributed by atoms with E-state index in [0.717, 1.165) is 36.1 Å². The molecule has 2 N–H and O–H groups in total. The zero-order chi connectivity index (χ0) is 19.6. The standard InChI is InChI=1S/C19H25BrN4O3/c1-3-23-9-5-6-13(23)11-21-17(25)18(26)22-16-14-10-12(20)7-8-15(14)24(4-2)19(16)27/h7-8,10,13,16H,3-6,9,11H2,1-2H3,(H,21,25)(H,22,26)/t13-,16+/m0/s1. The number of nitrogens with zero attached hydrogens (tertiary/aromatic N) is 2. The minimum atomic E-state index is -0.839. The first-order chi connectivity index (χ1) is 13.0. The van der Waals surface area contributed by atoms with Crippen LogP contribution in [0.2, 0.25) is 0 Å². The fraction of sp³-hybridized carbons (Fsp3) is 0.526. The predicted molar refractivity (Wildman–Crippen MR) is 106 cm³/mol. The molecule has 1 aromatic carbocycles. The summed E-state index contributed by atoms with van der Waals surface area (Å²) in [5.74, 6) is -1.70. The molecule has 7 nitrogen and oxygen atoms in total. The lowest BCUT2D eigenvalue weighted by Crippen LogP contribution is -2.47. The van der Waals surface area contributed by atoms with Crippen LogP contribution in [0, 0.1) is 0 Å². The lowest BCUT2D eigenvalue weighted by molar-refractivity contribution is -0.140. The maximum Gasteiger partial charge on any atom is 0.310 e. The van der Waals surface area contributed by atoms with Crippen LogP contribution in [-0.4, -0.2) is 54.8 Å². The summed E-state index contributed by atoms with van der Waals surface area (Å²) in [6, 6.07) is 4.93. The van der Waals surface area contributed by atoms with Crippen molar-refractivity contribution in [2.24, 2.45) is 0 Å². The summed E-state index contributed by atoms with van der Waals surface area (Å²) in [6.45, 7) is 6.87. The molecular weight excluding hydrogens is 412 g/mol. The molecule has 2 aliphatic heterocycles. The van der Waals surface area contributed by atoms with Crippen molar-refractivity contribution in [1.29, 1.82) is 0 Å². The average molecular weight is 437 g/mol. The third kappa shape index (κ3) is 4.01. The zero-order valence-electron chi connectivity index (χ0n) is 15.6. The van der Waals surface area contributed by atoms with Gasteiger partial charge in [0.1, 0.15) is 6.04 Å². The van der Waals surface area contributed by atoms with Crippen LogP contribution >= 0.6 is 15.9 Å². The van der Waals surface area contributed by atoms with Crippen LogP contribution in [0.25, 0.3) is 0 Å². The van der Waals surface area contributed by atoms with Gasteiger partial charge in [-0.25, -0.2) is 0 Å². The van der Waals surface area contributed by atoms with Gasteiger partial charge in [-0.05, 0) is 51.1 Å². The van der Waals surface area contributed by atoms with E-state index in [1.807, 2.05) is 25.1 Å². The highest BCUT2D eigenvalue weighted by atomic mass is 79.9. The highest BCUT2D eigenvalue weighted by Crippen LogP contribution is 2.37. The van der Waals surface area contributed by atoms with Gasteiger partial charge in [-0.15, -0.1) is 0 Å². The van der Waals surface area contributed by atoms with Gasteiger partial charge in [-0.2, -0.15) is 0 Å². The van der Waals surface area contributed by atoms with Crippen LogP contribution in [-0.2, 0) is 14.4 Å². The highest BCUT2D eigenvalue weighted by Gasteiger charge is 2.38. The quantitative estimate of drug-likeness (QED) is 0.686. The van der Waals surface area contributed by atoms with Crippen LogP contribution in [0.1, 0.15) is 38.3 Å². The van der Waals surface area contributed by atoms with Crippen LogP contribution < -0.4 is 15.5 Å². The molecule has 0 bridgehead atoms. The zero-order valence-corrected chi connectivity index (χ0v) is 17.2. The van der Waals surface area contributed by atoms with E-state index in [2.05, 4.69) is 38.4 Å². The molecular formula is C19H25BrN4O3.